The van der Waals surface area contributed by atoms with Gasteiger partial charge < -0.3 is 14.8 Å². The first kappa shape index (κ1) is 18.4. The molecule has 140 valence electrons. The maximum atomic E-state index is 13.0. The smallest absolute Gasteiger partial charge is 0.235 e. The molecule has 2 N–H and O–H groups in total. The first-order chi connectivity index (χ1) is 13.1. The lowest BCUT2D eigenvalue weighted by Gasteiger charge is -2.16. The van der Waals surface area contributed by atoms with Crippen LogP contribution in [0.25, 0.3) is 0 Å². The monoisotopic (exact) mass is 367 g/mol. The number of methoxy groups -OCH3 is 2. The van der Waals surface area contributed by atoms with Gasteiger partial charge in [0, 0.05) is 5.69 Å². The average molecular weight is 367 g/mol. The van der Waals surface area contributed by atoms with Crippen molar-refractivity contribution in [3.05, 3.63) is 59.4 Å². The van der Waals surface area contributed by atoms with E-state index in [-0.39, 0.29) is 5.91 Å². The fourth-order valence-electron chi connectivity index (χ4n) is 2.79. The molecule has 1 amide bonds. The number of ether oxygens (including phenoxy) is 2. The Bertz CT molecular complexity index is 911. The topological polar surface area (TPSA) is 102 Å². The fraction of sp³-hybridized carbons (Fsp3) is 0.263. The number of nitrogens with zero attached hydrogens (tertiary/aromatic N) is 3. The van der Waals surface area contributed by atoms with Crippen molar-refractivity contribution in [2.24, 2.45) is 0 Å². The minimum atomic E-state index is -0.610. The normalized spacial score (nSPS) is 11.7. The molecule has 0 aliphatic heterocycles. The van der Waals surface area contributed by atoms with Crippen molar-refractivity contribution in [1.82, 2.24) is 20.6 Å². The second kappa shape index (κ2) is 8.31. The predicted octanol–water partition coefficient (Wildman–Crippen LogP) is 2.49. The van der Waals surface area contributed by atoms with Crippen LogP contribution in [0.4, 0.5) is 5.69 Å². The Morgan fingerprint density at radius 2 is 1.93 bits per heavy atom. The van der Waals surface area contributed by atoms with E-state index in [9.17, 15) is 4.79 Å². The molecule has 1 atom stereocenters. The second-order valence-electron chi connectivity index (χ2n) is 6.02. The molecule has 0 saturated carbocycles. The van der Waals surface area contributed by atoms with Crippen LogP contribution in [-0.2, 0) is 11.2 Å². The molecule has 8 nitrogen and oxygen atoms in total. The summed E-state index contributed by atoms with van der Waals surface area (Å²) in [6, 6.07) is 13.1. The summed E-state index contributed by atoms with van der Waals surface area (Å²) in [5.41, 5.74) is 2.62. The van der Waals surface area contributed by atoms with Crippen LogP contribution in [-0.4, -0.2) is 40.8 Å². The molecule has 1 aromatic heterocycles. The summed E-state index contributed by atoms with van der Waals surface area (Å²) in [6.45, 7) is 1.94. The zero-order valence-electron chi connectivity index (χ0n) is 15.4. The van der Waals surface area contributed by atoms with Gasteiger partial charge >= 0.3 is 0 Å². The van der Waals surface area contributed by atoms with Gasteiger partial charge in [0.1, 0.15) is 5.92 Å². The van der Waals surface area contributed by atoms with E-state index in [4.69, 9.17) is 9.47 Å². The molecule has 2 aromatic carbocycles. The van der Waals surface area contributed by atoms with E-state index in [1.54, 1.807) is 20.3 Å². The Hall–Kier alpha value is -3.42. The Morgan fingerprint density at radius 3 is 2.59 bits per heavy atom. The van der Waals surface area contributed by atoms with Crippen LogP contribution in [0, 0.1) is 6.92 Å². The average Bonchev–Trinajstić information content (AvgIpc) is 3.22. The van der Waals surface area contributed by atoms with Crippen LogP contribution in [0.15, 0.2) is 42.5 Å². The largest absolute Gasteiger partial charge is 0.493 e. The highest BCUT2D eigenvalue weighted by Gasteiger charge is 2.26. The third-order valence-electron chi connectivity index (χ3n) is 4.28. The molecule has 0 radical (unpaired) electrons. The van der Waals surface area contributed by atoms with Gasteiger partial charge in [-0.1, -0.05) is 29.5 Å². The van der Waals surface area contributed by atoms with Crippen molar-refractivity contribution in [3.8, 4) is 11.5 Å². The number of benzene rings is 2. The van der Waals surface area contributed by atoms with Crippen molar-refractivity contribution >= 4 is 11.6 Å². The van der Waals surface area contributed by atoms with Gasteiger partial charge in [-0.25, -0.2) is 0 Å². The van der Waals surface area contributed by atoms with E-state index in [2.05, 4.69) is 25.9 Å². The van der Waals surface area contributed by atoms with Crippen LogP contribution >= 0.6 is 0 Å². The van der Waals surface area contributed by atoms with Crippen LogP contribution in [0.1, 0.15) is 22.9 Å². The highest BCUT2D eigenvalue weighted by molar-refractivity contribution is 5.96. The third kappa shape index (κ3) is 4.22. The molecule has 0 fully saturated rings. The lowest BCUT2D eigenvalue weighted by Crippen LogP contribution is -2.24. The zero-order chi connectivity index (χ0) is 19.2. The number of carbonyl (C=O) groups excluding carboxylic acids is 1. The van der Waals surface area contributed by atoms with Crippen LogP contribution in [0.5, 0.6) is 11.5 Å². The lowest BCUT2D eigenvalue weighted by atomic mass is 9.97. The zero-order valence-corrected chi connectivity index (χ0v) is 15.4. The summed E-state index contributed by atoms with van der Waals surface area (Å²) in [4.78, 5) is 13.0. The number of aromatic nitrogens is 4. The van der Waals surface area contributed by atoms with Gasteiger partial charge in [-0.15, -0.1) is 10.2 Å². The molecule has 1 heterocycles. The predicted molar refractivity (Wildman–Crippen MR) is 100.0 cm³/mol. The van der Waals surface area contributed by atoms with Crippen molar-refractivity contribution in [2.45, 2.75) is 19.3 Å². The molecule has 8 heteroatoms. The minimum absolute atomic E-state index is 0.208. The first-order valence-corrected chi connectivity index (χ1v) is 8.43. The lowest BCUT2D eigenvalue weighted by molar-refractivity contribution is -0.117. The third-order valence-corrected chi connectivity index (χ3v) is 4.28. The number of anilines is 1. The maximum Gasteiger partial charge on any atom is 0.235 e. The van der Waals surface area contributed by atoms with Crippen molar-refractivity contribution < 1.29 is 14.3 Å². The number of hydrogen-bond acceptors (Lipinski definition) is 6. The van der Waals surface area contributed by atoms with Gasteiger partial charge in [-0.05, 0) is 42.7 Å². The molecule has 3 aromatic rings. The van der Waals surface area contributed by atoms with Crippen molar-refractivity contribution in [1.29, 1.82) is 0 Å². The number of tetrazole rings is 1. The van der Waals surface area contributed by atoms with E-state index in [0.717, 1.165) is 16.8 Å². The summed E-state index contributed by atoms with van der Waals surface area (Å²) in [6.07, 6.45) is 0.387. The Labute approximate surface area is 156 Å². The molecule has 0 aliphatic rings. The first-order valence-electron chi connectivity index (χ1n) is 8.43. The molecule has 27 heavy (non-hydrogen) atoms. The van der Waals surface area contributed by atoms with E-state index < -0.39 is 5.92 Å². The summed E-state index contributed by atoms with van der Waals surface area (Å²) in [7, 11) is 3.15. The van der Waals surface area contributed by atoms with Gasteiger partial charge in [0.05, 0.1) is 14.2 Å². The fourth-order valence-corrected chi connectivity index (χ4v) is 2.79. The second-order valence-corrected chi connectivity index (χ2v) is 6.02. The number of para-hydroxylation sites is 1. The highest BCUT2D eigenvalue weighted by Crippen LogP contribution is 2.30. The molecule has 1 unspecified atom stereocenters. The van der Waals surface area contributed by atoms with Gasteiger partial charge in [-0.2, -0.15) is 5.21 Å². The number of amides is 1. The number of nitrogens with one attached hydrogen (secondary N) is 2. The quantitative estimate of drug-likeness (QED) is 0.665. The summed E-state index contributed by atoms with van der Waals surface area (Å²) in [5.74, 6) is 0.737. The van der Waals surface area contributed by atoms with E-state index in [1.165, 1.54) is 0 Å². The number of carbonyl (C=O) groups is 1. The standard InChI is InChI=1S/C19H21N5O3/c1-12-6-4-5-7-15(12)20-19(25)14(18-21-23-24-22-18)10-13-8-9-16(26-2)17(11-13)27-3/h4-9,11,14H,10H2,1-3H3,(H,20,25)(H,21,22,23,24). The van der Waals surface area contributed by atoms with Crippen LogP contribution in [0.2, 0.25) is 0 Å². The molecular formula is C19H21N5O3. The number of aryl methyl sites for hydroxylation is 1. The SMILES string of the molecule is COc1ccc(CC(C(=O)Nc2ccccc2C)c2nn[nH]n2)cc1OC. The Balaban J connectivity index is 1.86. The van der Waals surface area contributed by atoms with Crippen LogP contribution in [0.3, 0.4) is 0 Å². The van der Waals surface area contributed by atoms with Gasteiger partial charge in [0.15, 0.2) is 17.3 Å². The van der Waals surface area contributed by atoms with Gasteiger partial charge in [-0.3, -0.25) is 4.79 Å². The summed E-state index contributed by atoms with van der Waals surface area (Å²) in [5, 5.41) is 17.0. The molecule has 0 saturated heterocycles. The maximum absolute atomic E-state index is 13.0. The number of rotatable bonds is 7. The minimum Gasteiger partial charge on any atom is -0.493 e. The van der Waals surface area contributed by atoms with E-state index in [1.807, 2.05) is 43.3 Å². The van der Waals surface area contributed by atoms with Gasteiger partial charge in [0.25, 0.3) is 0 Å². The molecular weight excluding hydrogens is 346 g/mol. The summed E-state index contributed by atoms with van der Waals surface area (Å²) >= 11 is 0. The Kier molecular flexibility index (Phi) is 5.65. The van der Waals surface area contributed by atoms with Gasteiger partial charge in [0.2, 0.25) is 5.91 Å². The number of hydrogen-bond donors (Lipinski definition) is 2. The number of aromatic amines is 1. The molecule has 0 bridgehead atoms. The molecule has 0 spiro atoms. The summed E-state index contributed by atoms with van der Waals surface area (Å²) < 4.78 is 10.6. The van der Waals surface area contributed by atoms with E-state index >= 15 is 0 Å². The van der Waals surface area contributed by atoms with Crippen molar-refractivity contribution in [2.75, 3.05) is 19.5 Å². The van der Waals surface area contributed by atoms with Crippen molar-refractivity contribution in [3.63, 3.8) is 0 Å². The van der Waals surface area contributed by atoms with E-state index in [0.29, 0.717) is 23.7 Å². The number of H-pyrrole nitrogens is 1. The Morgan fingerprint density at radius 1 is 1.15 bits per heavy atom. The molecule has 0 aliphatic carbocycles. The molecule has 3 rings (SSSR count). The highest BCUT2D eigenvalue weighted by atomic mass is 16.5. The van der Waals surface area contributed by atoms with Crippen LogP contribution < -0.4 is 14.8 Å².